The molecular formula is C12H14O3. The van der Waals surface area contributed by atoms with Crippen molar-refractivity contribution in [3.8, 4) is 11.5 Å². The number of ketones is 1. The largest absolute Gasteiger partial charge is 0.493 e. The Morgan fingerprint density at radius 3 is 2.73 bits per heavy atom. The minimum absolute atomic E-state index is 0.00102. The first-order chi connectivity index (χ1) is 7.19. The van der Waals surface area contributed by atoms with Gasteiger partial charge in [-0.15, -0.1) is 0 Å². The average molecular weight is 206 g/mol. The number of methoxy groups -OCH3 is 1. The molecule has 1 aromatic carbocycles. The van der Waals surface area contributed by atoms with Crippen molar-refractivity contribution < 1.29 is 14.3 Å². The lowest BCUT2D eigenvalue weighted by Gasteiger charge is -2.09. The third-order valence-electron chi connectivity index (χ3n) is 1.93. The number of ether oxygens (including phenoxy) is 2. The SMILES string of the molecule is C=CCOc1cc(C(C)=O)ccc1OC. The van der Waals surface area contributed by atoms with Crippen molar-refractivity contribution in [3.63, 3.8) is 0 Å². The van der Waals surface area contributed by atoms with Crippen molar-refractivity contribution in [2.24, 2.45) is 0 Å². The molecule has 1 aromatic rings. The molecule has 15 heavy (non-hydrogen) atoms. The highest BCUT2D eigenvalue weighted by Crippen LogP contribution is 2.28. The predicted molar refractivity (Wildman–Crippen MR) is 58.7 cm³/mol. The van der Waals surface area contributed by atoms with Crippen molar-refractivity contribution in [1.29, 1.82) is 0 Å². The summed E-state index contributed by atoms with van der Waals surface area (Å²) in [6, 6.07) is 5.10. The first-order valence-electron chi connectivity index (χ1n) is 4.61. The number of carbonyl (C=O) groups is 1. The van der Waals surface area contributed by atoms with E-state index in [1.807, 2.05) is 0 Å². The van der Waals surface area contributed by atoms with E-state index in [9.17, 15) is 4.79 Å². The van der Waals surface area contributed by atoms with Gasteiger partial charge in [0.2, 0.25) is 0 Å². The fourth-order valence-corrected chi connectivity index (χ4v) is 1.16. The Hall–Kier alpha value is -1.77. The maximum absolute atomic E-state index is 11.2. The van der Waals surface area contributed by atoms with Crippen LogP contribution in [0.1, 0.15) is 17.3 Å². The van der Waals surface area contributed by atoms with Crippen LogP contribution in [0.15, 0.2) is 30.9 Å². The highest BCUT2D eigenvalue weighted by Gasteiger charge is 2.07. The zero-order chi connectivity index (χ0) is 11.3. The van der Waals surface area contributed by atoms with Crippen LogP contribution in [0.3, 0.4) is 0 Å². The summed E-state index contributed by atoms with van der Waals surface area (Å²) in [5.41, 5.74) is 0.606. The van der Waals surface area contributed by atoms with Gasteiger partial charge >= 0.3 is 0 Å². The van der Waals surface area contributed by atoms with Crippen molar-refractivity contribution in [2.75, 3.05) is 13.7 Å². The van der Waals surface area contributed by atoms with Gasteiger partial charge < -0.3 is 9.47 Å². The van der Waals surface area contributed by atoms with Gasteiger partial charge in [-0.3, -0.25) is 4.79 Å². The van der Waals surface area contributed by atoms with E-state index in [-0.39, 0.29) is 5.78 Å². The number of rotatable bonds is 5. The van der Waals surface area contributed by atoms with Gasteiger partial charge in [0, 0.05) is 5.56 Å². The molecule has 0 aliphatic heterocycles. The Labute approximate surface area is 89.3 Å². The Bertz CT molecular complexity index is 369. The lowest BCUT2D eigenvalue weighted by atomic mass is 10.1. The molecule has 0 unspecified atom stereocenters. The van der Waals surface area contributed by atoms with Crippen molar-refractivity contribution in [2.45, 2.75) is 6.92 Å². The second-order valence-electron chi connectivity index (χ2n) is 3.02. The lowest BCUT2D eigenvalue weighted by Crippen LogP contribution is -1.99. The topological polar surface area (TPSA) is 35.5 Å². The standard InChI is InChI=1S/C12H14O3/c1-4-7-15-12-8-10(9(2)13)5-6-11(12)14-3/h4-6,8H,1,7H2,2-3H3. The van der Waals surface area contributed by atoms with E-state index >= 15 is 0 Å². The second-order valence-corrected chi connectivity index (χ2v) is 3.02. The van der Waals surface area contributed by atoms with Crippen molar-refractivity contribution in [1.82, 2.24) is 0 Å². The molecule has 0 saturated heterocycles. The monoisotopic (exact) mass is 206 g/mol. The van der Waals surface area contributed by atoms with E-state index in [1.165, 1.54) is 6.92 Å². The van der Waals surface area contributed by atoms with Crippen LogP contribution in [0.5, 0.6) is 11.5 Å². The number of benzene rings is 1. The zero-order valence-corrected chi connectivity index (χ0v) is 8.95. The molecule has 0 radical (unpaired) electrons. The molecule has 0 heterocycles. The zero-order valence-electron chi connectivity index (χ0n) is 8.95. The van der Waals surface area contributed by atoms with E-state index in [1.54, 1.807) is 31.4 Å². The molecule has 0 aliphatic rings. The Morgan fingerprint density at radius 2 is 2.20 bits per heavy atom. The Balaban J connectivity index is 3.01. The van der Waals surface area contributed by atoms with Gasteiger partial charge in [0.15, 0.2) is 17.3 Å². The normalized spacial score (nSPS) is 9.47. The van der Waals surface area contributed by atoms with E-state index < -0.39 is 0 Å². The summed E-state index contributed by atoms with van der Waals surface area (Å²) in [6.45, 7) is 5.46. The number of hydrogen-bond donors (Lipinski definition) is 0. The average Bonchev–Trinajstić information content (AvgIpc) is 2.25. The van der Waals surface area contributed by atoms with Gasteiger partial charge in [-0.05, 0) is 25.1 Å². The van der Waals surface area contributed by atoms with E-state index in [2.05, 4.69) is 6.58 Å². The van der Waals surface area contributed by atoms with Crippen LogP contribution in [0.4, 0.5) is 0 Å². The van der Waals surface area contributed by atoms with Crippen LogP contribution < -0.4 is 9.47 Å². The van der Waals surface area contributed by atoms with E-state index in [0.29, 0.717) is 23.7 Å². The van der Waals surface area contributed by atoms with Gasteiger partial charge in [-0.2, -0.15) is 0 Å². The molecule has 0 spiro atoms. The van der Waals surface area contributed by atoms with Crippen LogP contribution in [-0.2, 0) is 0 Å². The number of carbonyl (C=O) groups excluding carboxylic acids is 1. The van der Waals surface area contributed by atoms with Gasteiger partial charge in [0.1, 0.15) is 6.61 Å². The van der Waals surface area contributed by atoms with E-state index in [4.69, 9.17) is 9.47 Å². The fourth-order valence-electron chi connectivity index (χ4n) is 1.16. The minimum Gasteiger partial charge on any atom is -0.493 e. The lowest BCUT2D eigenvalue weighted by molar-refractivity contribution is 0.101. The molecule has 80 valence electrons. The van der Waals surface area contributed by atoms with Crippen LogP contribution in [0.25, 0.3) is 0 Å². The van der Waals surface area contributed by atoms with Crippen LogP contribution in [-0.4, -0.2) is 19.5 Å². The summed E-state index contributed by atoms with van der Waals surface area (Å²) in [5, 5.41) is 0. The van der Waals surface area contributed by atoms with Gasteiger partial charge in [0.05, 0.1) is 7.11 Å². The molecule has 0 saturated carbocycles. The molecular weight excluding hydrogens is 192 g/mol. The minimum atomic E-state index is 0.00102. The summed E-state index contributed by atoms with van der Waals surface area (Å²) in [5.74, 6) is 1.17. The molecule has 0 aromatic heterocycles. The molecule has 0 atom stereocenters. The fraction of sp³-hybridized carbons (Fsp3) is 0.250. The van der Waals surface area contributed by atoms with Crippen molar-refractivity contribution >= 4 is 5.78 Å². The quantitative estimate of drug-likeness (QED) is 0.548. The maximum atomic E-state index is 11.2. The smallest absolute Gasteiger partial charge is 0.162 e. The molecule has 3 nitrogen and oxygen atoms in total. The second kappa shape index (κ2) is 5.20. The molecule has 0 aliphatic carbocycles. The summed E-state index contributed by atoms with van der Waals surface area (Å²) in [4.78, 5) is 11.2. The summed E-state index contributed by atoms with van der Waals surface area (Å²) >= 11 is 0. The number of Topliss-reactive ketones (excluding diaryl/α,β-unsaturated/α-hetero) is 1. The Kier molecular flexibility index (Phi) is 3.92. The molecule has 1 rings (SSSR count). The first kappa shape index (κ1) is 11.3. The third kappa shape index (κ3) is 2.84. The van der Waals surface area contributed by atoms with Crippen LogP contribution >= 0.6 is 0 Å². The highest BCUT2D eigenvalue weighted by molar-refractivity contribution is 5.94. The van der Waals surface area contributed by atoms with Gasteiger partial charge in [-0.1, -0.05) is 12.7 Å². The van der Waals surface area contributed by atoms with Gasteiger partial charge in [0.25, 0.3) is 0 Å². The first-order valence-corrected chi connectivity index (χ1v) is 4.61. The maximum Gasteiger partial charge on any atom is 0.162 e. The van der Waals surface area contributed by atoms with Crippen LogP contribution in [0, 0.1) is 0 Å². The third-order valence-corrected chi connectivity index (χ3v) is 1.93. The van der Waals surface area contributed by atoms with Gasteiger partial charge in [-0.25, -0.2) is 0 Å². The summed E-state index contributed by atoms with van der Waals surface area (Å²) in [7, 11) is 1.56. The molecule has 0 bridgehead atoms. The molecule has 0 fully saturated rings. The molecule has 0 amide bonds. The molecule has 0 N–H and O–H groups in total. The Morgan fingerprint density at radius 1 is 1.47 bits per heavy atom. The van der Waals surface area contributed by atoms with Crippen LogP contribution in [0.2, 0.25) is 0 Å². The predicted octanol–water partition coefficient (Wildman–Crippen LogP) is 2.46. The highest BCUT2D eigenvalue weighted by atomic mass is 16.5. The number of hydrogen-bond acceptors (Lipinski definition) is 3. The summed E-state index contributed by atoms with van der Waals surface area (Å²) in [6.07, 6.45) is 1.64. The molecule has 3 heteroatoms. The van der Waals surface area contributed by atoms with E-state index in [0.717, 1.165) is 0 Å². The van der Waals surface area contributed by atoms with Crippen molar-refractivity contribution in [3.05, 3.63) is 36.4 Å². The summed E-state index contributed by atoms with van der Waals surface area (Å²) < 4.78 is 10.5.